The van der Waals surface area contributed by atoms with Gasteiger partial charge in [-0.15, -0.1) is 0 Å². The molecule has 0 spiro atoms. The predicted molar refractivity (Wildman–Crippen MR) is 64.6 cm³/mol. The van der Waals surface area contributed by atoms with Crippen LogP contribution in [0.5, 0.6) is 0 Å². The van der Waals surface area contributed by atoms with E-state index in [-0.39, 0.29) is 0 Å². The first-order valence-corrected chi connectivity index (χ1v) is 6.10. The van der Waals surface area contributed by atoms with Crippen LogP contribution in [0.1, 0.15) is 51.9 Å². The number of hydrogen-bond donors (Lipinski definition) is 1. The summed E-state index contributed by atoms with van der Waals surface area (Å²) in [5, 5.41) is 0. The van der Waals surface area contributed by atoms with Crippen molar-refractivity contribution in [1.29, 1.82) is 0 Å². The molecule has 0 amide bonds. The van der Waals surface area contributed by atoms with E-state index in [1.807, 2.05) is 12.5 Å². The molecule has 0 saturated heterocycles. The monoisotopic (exact) mass is 209 g/mol. The Bertz CT molecular complexity index is 255. The molecule has 3 nitrogen and oxygen atoms in total. The largest absolute Gasteiger partial charge is 0.382 e. The Morgan fingerprint density at radius 2 is 1.80 bits per heavy atom. The fraction of sp³-hybridized carbons (Fsp3) is 0.750. The fourth-order valence-electron chi connectivity index (χ4n) is 1.75. The summed E-state index contributed by atoms with van der Waals surface area (Å²) in [4.78, 5) is 4.00. The standard InChI is InChI=1S/C12H23N3/c1-2-3-4-5-6-7-8-9-15-10-12(13)14-11-15/h10-11H,2-9,13H2,1H3. The molecule has 0 bridgehead atoms. The van der Waals surface area contributed by atoms with E-state index in [1.54, 1.807) is 0 Å². The molecule has 2 N–H and O–H groups in total. The second-order valence-electron chi connectivity index (χ2n) is 4.16. The summed E-state index contributed by atoms with van der Waals surface area (Å²) in [5.74, 6) is 0.623. The summed E-state index contributed by atoms with van der Waals surface area (Å²) in [5.41, 5.74) is 5.53. The minimum absolute atomic E-state index is 0.623. The highest BCUT2D eigenvalue weighted by Gasteiger charge is 1.94. The van der Waals surface area contributed by atoms with Gasteiger partial charge >= 0.3 is 0 Å². The number of anilines is 1. The molecule has 0 saturated carbocycles. The average molecular weight is 209 g/mol. The van der Waals surface area contributed by atoms with E-state index in [1.165, 1.54) is 44.9 Å². The summed E-state index contributed by atoms with van der Waals surface area (Å²) in [7, 11) is 0. The first-order chi connectivity index (χ1) is 7.33. The Morgan fingerprint density at radius 1 is 1.13 bits per heavy atom. The van der Waals surface area contributed by atoms with Crippen molar-refractivity contribution >= 4 is 5.82 Å². The molecule has 0 unspecified atom stereocenters. The third-order valence-corrected chi connectivity index (χ3v) is 2.67. The van der Waals surface area contributed by atoms with Gasteiger partial charge in [-0.2, -0.15) is 0 Å². The summed E-state index contributed by atoms with van der Waals surface area (Å²) in [6.45, 7) is 3.31. The zero-order chi connectivity index (χ0) is 10.9. The van der Waals surface area contributed by atoms with E-state index in [2.05, 4.69) is 16.5 Å². The van der Waals surface area contributed by atoms with Crippen LogP contribution in [-0.2, 0) is 6.54 Å². The molecular formula is C12H23N3. The zero-order valence-electron chi connectivity index (χ0n) is 9.78. The third-order valence-electron chi connectivity index (χ3n) is 2.67. The highest BCUT2D eigenvalue weighted by molar-refractivity contribution is 5.22. The topological polar surface area (TPSA) is 43.8 Å². The Balaban J connectivity index is 1.93. The second kappa shape index (κ2) is 7.32. The first-order valence-electron chi connectivity index (χ1n) is 6.10. The Kier molecular flexibility index (Phi) is 5.90. The van der Waals surface area contributed by atoms with Crippen molar-refractivity contribution in [3.8, 4) is 0 Å². The van der Waals surface area contributed by atoms with Crippen molar-refractivity contribution in [3.05, 3.63) is 12.5 Å². The number of unbranched alkanes of at least 4 members (excludes halogenated alkanes) is 6. The number of hydrogen-bond acceptors (Lipinski definition) is 2. The number of rotatable bonds is 8. The van der Waals surface area contributed by atoms with Crippen LogP contribution in [0.15, 0.2) is 12.5 Å². The highest BCUT2D eigenvalue weighted by Crippen LogP contribution is 2.08. The molecule has 1 aromatic heterocycles. The van der Waals surface area contributed by atoms with Crippen molar-refractivity contribution in [2.75, 3.05) is 5.73 Å². The smallest absolute Gasteiger partial charge is 0.141 e. The molecule has 86 valence electrons. The molecule has 0 aliphatic heterocycles. The van der Waals surface area contributed by atoms with E-state index < -0.39 is 0 Å². The molecule has 0 aromatic carbocycles. The van der Waals surface area contributed by atoms with Crippen molar-refractivity contribution in [2.24, 2.45) is 0 Å². The van der Waals surface area contributed by atoms with Gasteiger partial charge < -0.3 is 10.3 Å². The van der Waals surface area contributed by atoms with Crippen LogP contribution in [-0.4, -0.2) is 9.55 Å². The fourth-order valence-corrected chi connectivity index (χ4v) is 1.75. The van der Waals surface area contributed by atoms with Crippen molar-refractivity contribution < 1.29 is 0 Å². The van der Waals surface area contributed by atoms with E-state index in [0.717, 1.165) is 6.54 Å². The lowest BCUT2D eigenvalue weighted by Gasteiger charge is -2.02. The van der Waals surface area contributed by atoms with Crippen LogP contribution in [0.2, 0.25) is 0 Å². The lowest BCUT2D eigenvalue weighted by Crippen LogP contribution is -1.94. The molecule has 1 aromatic rings. The molecule has 0 aliphatic carbocycles. The van der Waals surface area contributed by atoms with Crippen molar-refractivity contribution in [1.82, 2.24) is 9.55 Å². The Labute approximate surface area is 92.7 Å². The van der Waals surface area contributed by atoms with Crippen LogP contribution in [0, 0.1) is 0 Å². The first kappa shape index (κ1) is 12.1. The third kappa shape index (κ3) is 5.45. The molecule has 0 aliphatic rings. The van der Waals surface area contributed by atoms with Gasteiger partial charge in [-0.25, -0.2) is 4.98 Å². The van der Waals surface area contributed by atoms with Gasteiger partial charge in [0.15, 0.2) is 0 Å². The van der Waals surface area contributed by atoms with Crippen LogP contribution >= 0.6 is 0 Å². The normalized spacial score (nSPS) is 10.7. The zero-order valence-corrected chi connectivity index (χ0v) is 9.78. The maximum atomic E-state index is 5.53. The maximum Gasteiger partial charge on any atom is 0.141 e. The molecule has 0 atom stereocenters. The average Bonchev–Trinajstić information content (AvgIpc) is 2.63. The summed E-state index contributed by atoms with van der Waals surface area (Å²) in [6, 6.07) is 0. The molecular weight excluding hydrogens is 186 g/mol. The van der Waals surface area contributed by atoms with Gasteiger partial charge in [0.1, 0.15) is 5.82 Å². The maximum absolute atomic E-state index is 5.53. The minimum atomic E-state index is 0.623. The number of imidazole rings is 1. The summed E-state index contributed by atoms with van der Waals surface area (Å²) in [6.07, 6.45) is 13.1. The predicted octanol–water partition coefficient (Wildman–Crippen LogP) is 3.22. The number of aryl methyl sites for hydroxylation is 1. The number of nitrogens with zero attached hydrogens (tertiary/aromatic N) is 2. The lowest BCUT2D eigenvalue weighted by molar-refractivity contribution is 0.550. The number of nitrogen functional groups attached to an aromatic ring is 1. The van der Waals surface area contributed by atoms with Crippen molar-refractivity contribution in [2.45, 2.75) is 58.4 Å². The quantitative estimate of drug-likeness (QED) is 0.668. The highest BCUT2D eigenvalue weighted by atomic mass is 15.1. The molecule has 1 heterocycles. The van der Waals surface area contributed by atoms with E-state index in [4.69, 9.17) is 5.73 Å². The van der Waals surface area contributed by atoms with Gasteiger partial charge in [0, 0.05) is 12.7 Å². The van der Waals surface area contributed by atoms with Crippen LogP contribution in [0.3, 0.4) is 0 Å². The number of nitrogens with two attached hydrogens (primary N) is 1. The van der Waals surface area contributed by atoms with E-state index >= 15 is 0 Å². The van der Waals surface area contributed by atoms with Gasteiger partial charge in [-0.3, -0.25) is 0 Å². The number of aromatic nitrogens is 2. The molecule has 3 heteroatoms. The van der Waals surface area contributed by atoms with Crippen LogP contribution in [0.25, 0.3) is 0 Å². The summed E-state index contributed by atoms with van der Waals surface area (Å²) >= 11 is 0. The molecule has 0 radical (unpaired) electrons. The van der Waals surface area contributed by atoms with Crippen LogP contribution in [0.4, 0.5) is 5.82 Å². The van der Waals surface area contributed by atoms with Gasteiger partial charge in [-0.1, -0.05) is 45.4 Å². The molecule has 0 fully saturated rings. The molecule has 1 rings (SSSR count). The Hall–Kier alpha value is -0.990. The van der Waals surface area contributed by atoms with E-state index in [9.17, 15) is 0 Å². The van der Waals surface area contributed by atoms with Crippen LogP contribution < -0.4 is 5.73 Å². The second-order valence-corrected chi connectivity index (χ2v) is 4.16. The van der Waals surface area contributed by atoms with Gasteiger partial charge in [0.25, 0.3) is 0 Å². The SMILES string of the molecule is CCCCCCCCCn1cnc(N)c1. The molecule has 15 heavy (non-hydrogen) atoms. The Morgan fingerprint density at radius 3 is 2.40 bits per heavy atom. The van der Waals surface area contributed by atoms with Crippen molar-refractivity contribution in [3.63, 3.8) is 0 Å². The minimum Gasteiger partial charge on any atom is -0.382 e. The van der Waals surface area contributed by atoms with E-state index in [0.29, 0.717) is 5.82 Å². The van der Waals surface area contributed by atoms with Gasteiger partial charge in [0.2, 0.25) is 0 Å². The van der Waals surface area contributed by atoms with Gasteiger partial charge in [0.05, 0.1) is 6.33 Å². The lowest BCUT2D eigenvalue weighted by atomic mass is 10.1. The van der Waals surface area contributed by atoms with Gasteiger partial charge in [-0.05, 0) is 6.42 Å². The summed E-state index contributed by atoms with van der Waals surface area (Å²) < 4.78 is 2.07.